The average Bonchev–Trinajstić information content (AvgIpc) is 0.918. The summed E-state index contributed by atoms with van der Waals surface area (Å²) in [5, 5.41) is 7.33. The quantitative estimate of drug-likeness (QED) is 0.403. The maximum absolute atomic E-state index is 7.33. The van der Waals surface area contributed by atoms with Gasteiger partial charge in [0.2, 0.25) is 0 Å². The van der Waals surface area contributed by atoms with E-state index in [0.29, 0.717) is 0 Å². The molecule has 1 N–H and O–H groups in total. The van der Waals surface area contributed by atoms with Crippen LogP contribution in [0.15, 0.2) is 12.8 Å². The maximum atomic E-state index is 7.33. The first-order valence-corrected chi connectivity index (χ1v) is 0.666. The first kappa shape index (κ1) is 17.4. The molecule has 0 saturated carbocycles. The van der Waals surface area contributed by atoms with Crippen LogP contribution in [0.5, 0.6) is 0 Å². The number of hydrogen-bond acceptors (Lipinski definition) is 1. The minimum Gasteiger partial charge on any atom is -0.516 e. The van der Waals surface area contributed by atoms with Gasteiger partial charge in [0.05, 0.1) is 6.26 Å². The molecule has 1 radical (unpaired) electrons. The molecule has 0 spiro atoms. The van der Waals surface area contributed by atoms with E-state index < -0.39 is 0 Å². The summed E-state index contributed by atoms with van der Waals surface area (Å²) < 4.78 is 0. The number of hydrogen-bond donors (Lipinski definition) is 1. The summed E-state index contributed by atoms with van der Waals surface area (Å²) in [7, 11) is 0. The Morgan fingerprint density at radius 1 is 1.60 bits per heavy atom. The van der Waals surface area contributed by atoms with Gasteiger partial charge in [-0.25, -0.2) is 0 Å². The Hall–Kier alpha value is 0.644. The summed E-state index contributed by atoms with van der Waals surface area (Å²) in [6.45, 7) is 2.92. The van der Waals surface area contributed by atoms with Gasteiger partial charge in [-0.05, 0) is 0 Å². The number of rotatable bonds is 0. The molecule has 0 heterocycles. The van der Waals surface area contributed by atoms with E-state index in [0.717, 1.165) is 6.26 Å². The van der Waals surface area contributed by atoms with Gasteiger partial charge in [-0.1, -0.05) is 6.58 Å². The summed E-state index contributed by atoms with van der Waals surface area (Å²) >= 11 is 0. The third-order valence-corrected chi connectivity index (χ3v) is 0. The van der Waals surface area contributed by atoms with Crippen LogP contribution in [0.25, 0.3) is 0 Å². The Balaban J connectivity index is -0.0000000200. The molecule has 2 heteroatoms. The third-order valence-electron chi connectivity index (χ3n) is 0. The van der Waals surface area contributed by atoms with Crippen molar-refractivity contribution in [2.24, 2.45) is 0 Å². The van der Waals surface area contributed by atoms with Crippen molar-refractivity contribution in [3.05, 3.63) is 20.3 Å². The monoisotopic (exact) mass is 148 g/mol. The third kappa shape index (κ3) is 78.3. The molecule has 0 aromatic rings. The van der Waals surface area contributed by atoms with Crippen molar-refractivity contribution < 1.29 is 37.8 Å². The minimum atomic E-state index is 0. The molecule has 0 aliphatic carbocycles. The van der Waals surface area contributed by atoms with Crippen LogP contribution in [0.2, 0.25) is 0 Å². The van der Waals surface area contributed by atoms with E-state index in [9.17, 15) is 0 Å². The second kappa shape index (κ2) is 22.8. The van der Waals surface area contributed by atoms with Gasteiger partial charge < -0.3 is 12.5 Å². The average molecular weight is 148 g/mol. The molecular weight excluding hydrogens is 141 g/mol. The molecule has 0 amide bonds. The molecule has 0 fully saturated rings. The Kier molecular flexibility index (Phi) is 79.5. The molecule has 0 aliphatic rings. The van der Waals surface area contributed by atoms with Crippen molar-refractivity contribution in [3.63, 3.8) is 0 Å². The Bertz CT molecular complexity index is 14.4. The maximum Gasteiger partial charge on any atom is 0.0719 e. The van der Waals surface area contributed by atoms with Crippen molar-refractivity contribution in [2.45, 2.75) is 0 Å². The largest absolute Gasteiger partial charge is 0.516 e. The molecule has 0 aliphatic heterocycles. The van der Waals surface area contributed by atoms with Crippen LogP contribution >= 0.6 is 0 Å². The van der Waals surface area contributed by atoms with Crippen LogP contribution < -0.4 is 0 Å². The summed E-state index contributed by atoms with van der Waals surface area (Å²) in [6, 6.07) is 0. The topological polar surface area (TPSA) is 20.2 Å². The second-order valence-corrected chi connectivity index (χ2v) is 0.183. The van der Waals surface area contributed by atoms with Crippen molar-refractivity contribution >= 4 is 0 Å². The van der Waals surface area contributed by atoms with Crippen molar-refractivity contribution in [3.8, 4) is 0 Å². The fraction of sp³-hybridized carbons (Fsp3) is 0. The van der Waals surface area contributed by atoms with E-state index in [4.69, 9.17) is 5.11 Å². The van der Waals surface area contributed by atoms with Crippen LogP contribution in [0, 0.1) is 7.43 Å². The summed E-state index contributed by atoms with van der Waals surface area (Å²) in [5.41, 5.74) is 0. The van der Waals surface area contributed by atoms with E-state index in [2.05, 4.69) is 6.58 Å². The Labute approximate surface area is 58.0 Å². The molecule has 5 heavy (non-hydrogen) atoms. The summed E-state index contributed by atoms with van der Waals surface area (Å²) in [5.74, 6) is 0. The van der Waals surface area contributed by atoms with Gasteiger partial charge in [-0.3, -0.25) is 0 Å². The van der Waals surface area contributed by atoms with Gasteiger partial charge in [0.1, 0.15) is 0 Å². The van der Waals surface area contributed by atoms with E-state index in [1.165, 1.54) is 0 Å². The van der Waals surface area contributed by atoms with E-state index in [-0.39, 0.29) is 40.1 Å². The van der Waals surface area contributed by atoms with Gasteiger partial charge in [-0.15, -0.1) is 0 Å². The molecule has 0 saturated heterocycles. The first-order valence-electron chi connectivity index (χ1n) is 0.666. The molecule has 29 valence electrons. The zero-order valence-electron chi connectivity index (χ0n) is 3.31. The van der Waals surface area contributed by atoms with Crippen LogP contribution in [-0.2, 0) is 32.7 Å². The molecule has 0 unspecified atom stereocenters. The predicted molar refractivity (Wildman–Crippen MR) is 19.2 cm³/mol. The summed E-state index contributed by atoms with van der Waals surface area (Å²) in [6.07, 6.45) is 0.750. The van der Waals surface area contributed by atoms with E-state index in [1.807, 2.05) is 0 Å². The molecule has 0 rings (SSSR count). The molecule has 1 nitrogen and oxygen atoms in total. The molecule has 0 atom stereocenters. The van der Waals surface area contributed by atoms with Gasteiger partial charge in [0.25, 0.3) is 0 Å². The second-order valence-electron chi connectivity index (χ2n) is 0.183. The van der Waals surface area contributed by atoms with Gasteiger partial charge >= 0.3 is 0 Å². The SMILES string of the molecule is C=CO.[CH3-].[Y]. The van der Waals surface area contributed by atoms with Gasteiger partial charge in [0.15, 0.2) is 0 Å². The first-order chi connectivity index (χ1) is 1.41. The van der Waals surface area contributed by atoms with E-state index in [1.54, 1.807) is 0 Å². The van der Waals surface area contributed by atoms with E-state index >= 15 is 0 Å². The minimum absolute atomic E-state index is 0. The van der Waals surface area contributed by atoms with Crippen LogP contribution in [0.1, 0.15) is 0 Å². The molecule has 0 aromatic heterocycles. The predicted octanol–water partition coefficient (Wildman–Crippen LogP) is 1.14. The number of aliphatic hydroxyl groups excluding tert-OH is 1. The van der Waals surface area contributed by atoms with Crippen molar-refractivity contribution in [1.82, 2.24) is 0 Å². The zero-order valence-corrected chi connectivity index (χ0v) is 6.15. The van der Waals surface area contributed by atoms with Gasteiger partial charge in [-0.2, -0.15) is 0 Å². The molecule has 0 bridgehead atoms. The smallest absolute Gasteiger partial charge is 0.0719 e. The Morgan fingerprint density at radius 2 is 1.60 bits per heavy atom. The number of aliphatic hydroxyl groups is 1. The van der Waals surface area contributed by atoms with Crippen LogP contribution in [-0.4, -0.2) is 5.11 Å². The molecular formula is C3H7OY-. The summed E-state index contributed by atoms with van der Waals surface area (Å²) in [4.78, 5) is 0. The standard InChI is InChI=1S/C2H4O.CH3.Y/c1-2-3;;/h2-3H,1H2;1H3;/q;-1;. The van der Waals surface area contributed by atoms with Crippen molar-refractivity contribution in [1.29, 1.82) is 0 Å². The van der Waals surface area contributed by atoms with Crippen molar-refractivity contribution in [2.75, 3.05) is 0 Å². The van der Waals surface area contributed by atoms with Crippen LogP contribution in [0.3, 0.4) is 0 Å². The molecule has 0 aromatic carbocycles. The fourth-order valence-corrected chi connectivity index (χ4v) is 0. The fourth-order valence-electron chi connectivity index (χ4n) is 0. The van der Waals surface area contributed by atoms with Gasteiger partial charge in [0, 0.05) is 32.7 Å². The zero-order chi connectivity index (χ0) is 2.71. The normalized spacial score (nSPS) is 2.40. The Morgan fingerprint density at radius 3 is 1.60 bits per heavy atom. The van der Waals surface area contributed by atoms with Crippen LogP contribution in [0.4, 0.5) is 0 Å².